The summed E-state index contributed by atoms with van der Waals surface area (Å²) in [6.07, 6.45) is -3.19. The third-order valence-corrected chi connectivity index (χ3v) is 26.4. The van der Waals surface area contributed by atoms with Gasteiger partial charge in [-0.1, -0.05) is 270 Å². The Morgan fingerprint density at radius 2 is 0.681 bits per heavy atom. The monoisotopic (exact) mass is 1660 g/mol. The van der Waals surface area contributed by atoms with Gasteiger partial charge in [-0.2, -0.15) is 26.3 Å². The van der Waals surface area contributed by atoms with E-state index in [-0.39, 0.29) is 122 Å². The van der Waals surface area contributed by atoms with E-state index < -0.39 is 86.1 Å². The number of carbonyl (C=O) groups excluding carboxylic acids is 8. The molecule has 0 saturated carbocycles. The van der Waals surface area contributed by atoms with Crippen LogP contribution in [0, 0.1) is 111 Å². The highest BCUT2D eigenvalue weighted by molar-refractivity contribution is 5.91. The van der Waals surface area contributed by atoms with Crippen molar-refractivity contribution in [2.24, 2.45) is 111 Å². The van der Waals surface area contributed by atoms with Gasteiger partial charge >= 0.3 is 18.3 Å². The summed E-state index contributed by atoms with van der Waals surface area (Å²) in [5, 5.41) is 23.6. The maximum atomic E-state index is 14.1. The molecule has 0 saturated heterocycles. The van der Waals surface area contributed by atoms with Crippen LogP contribution in [0.5, 0.6) is 0 Å². The van der Waals surface area contributed by atoms with E-state index in [1.165, 1.54) is 0 Å². The number of ether oxygens (including phenoxy) is 1. The smallest absolute Gasteiger partial charge is 0.416 e. The fourth-order valence-electron chi connectivity index (χ4n) is 15.5. The molecule has 3 N–H and O–H groups in total. The highest BCUT2D eigenvalue weighted by Crippen LogP contribution is 2.52. The lowest BCUT2D eigenvalue weighted by molar-refractivity contribution is -0.259. The zero-order valence-corrected chi connectivity index (χ0v) is 82.9. The van der Waals surface area contributed by atoms with Crippen molar-refractivity contribution in [2.45, 2.75) is 456 Å². The molecule has 688 valence electrons. The minimum absolute atomic E-state index is 0.000399. The second-order valence-electron chi connectivity index (χ2n) is 47.1. The Kier molecular flexibility index (Phi) is 46.5. The van der Waals surface area contributed by atoms with Crippen molar-refractivity contribution in [3.63, 3.8) is 0 Å². The Morgan fingerprint density at radius 3 is 0.948 bits per heavy atom. The number of halogens is 6. The molecule has 0 rings (SSSR count). The number of carbonyl (C=O) groups is 8. The minimum Gasteiger partial charge on any atom is -0.461 e. The molecule has 0 spiro atoms. The van der Waals surface area contributed by atoms with Gasteiger partial charge in [-0.25, -0.2) is 0 Å². The number of hydrogen-bond acceptors (Lipinski definition) is 12. The molecular formula is C98H183F6NO11. The van der Waals surface area contributed by atoms with Gasteiger partial charge in [-0.05, 0) is 192 Å². The van der Waals surface area contributed by atoms with E-state index in [0.717, 1.165) is 33.2 Å². The fraction of sp³-hybridized carbons (Fsp3) is 0.918. The standard InChI is InChI=1S/C37H68F3NO4.C28H51F3O3.C19H36O2.C14H28O2/c1-15-34(12,29(43)21-27(20-26(3)4)22-36(14,45)37(38,39)40)25-35(13,28(42)18-17-19-41-16-2)24-32(8,9)30(44)23-33(10,11)31(5,6)7;1-13-26(11,18-24(7,8)22(33)17-25(9,10)23(4,5)6)21(32)15-20(14-19(2)3)16-27(12,34)28(29,30)31;1-10-19(9,16(21)12-17(4,5)6)13-18(7,8)15(20)11-14(2)3;1-9-14(7,8)12(15)16-11(10(2)3)13(4,5)6/h26-27,41,45H,15-25H2,1-14H3;19-20,34H,13-18H2,1-12H3;14H,10-13H2,1-9H3;10-11H,9H2,1-8H3. The molecule has 0 aromatic heterocycles. The number of aliphatic hydroxyl groups is 2. The van der Waals surface area contributed by atoms with Gasteiger partial charge in [0.25, 0.3) is 0 Å². The van der Waals surface area contributed by atoms with Crippen molar-refractivity contribution in [2.75, 3.05) is 13.1 Å². The molecule has 0 bridgehead atoms. The van der Waals surface area contributed by atoms with Gasteiger partial charge in [0, 0.05) is 82.9 Å². The van der Waals surface area contributed by atoms with Crippen LogP contribution in [0.4, 0.5) is 26.3 Å². The molecule has 18 heteroatoms. The first-order valence-electron chi connectivity index (χ1n) is 44.3. The number of hydrogen-bond donors (Lipinski definition) is 3. The lowest BCUT2D eigenvalue weighted by Crippen LogP contribution is -2.46. The molecule has 0 amide bonds. The maximum absolute atomic E-state index is 14.1. The molecule has 9 unspecified atom stereocenters. The van der Waals surface area contributed by atoms with Crippen LogP contribution in [0.25, 0.3) is 0 Å². The van der Waals surface area contributed by atoms with E-state index >= 15 is 0 Å². The molecule has 0 aromatic carbocycles. The summed E-state index contributed by atoms with van der Waals surface area (Å²) in [5.74, 6) is -0.0777. The Bertz CT molecular complexity index is 3040. The number of Topliss-reactive ketones (excluding diaryl/α,β-unsaturated/α-hetero) is 7. The third kappa shape index (κ3) is 40.3. The van der Waals surface area contributed by atoms with Crippen LogP contribution >= 0.6 is 0 Å². The SMILES string of the molecule is CCC(C)(C)C(=O)OC(C(C)C)C(C)(C)C.CCC(C)(CC(C)(C)C(=O)CC(C)(C)C(C)(C)C)C(=O)CC(CC(C)C)CC(C)(O)C(F)(F)F.CCC(C)(CC(C)(C)C(=O)CC(C)C)C(=O)CC(C)(C)C.CCNCCCC(=O)C(C)(CC(C)(C)C(=O)CC(C)(C)C(C)(C)C)CC(C)(CC)C(=O)CC(CC(C)C)CC(C)(O)C(F)(F)F. The van der Waals surface area contributed by atoms with Crippen molar-refractivity contribution in [1.29, 1.82) is 0 Å². The second kappa shape index (κ2) is 45.3. The fourth-order valence-corrected chi connectivity index (χ4v) is 15.5. The molecule has 116 heavy (non-hydrogen) atoms. The molecule has 0 fully saturated rings. The van der Waals surface area contributed by atoms with E-state index in [0.29, 0.717) is 101 Å². The maximum Gasteiger partial charge on any atom is 0.416 e. The highest BCUT2D eigenvalue weighted by Gasteiger charge is 2.55. The molecule has 12 nitrogen and oxygen atoms in total. The van der Waals surface area contributed by atoms with Crippen LogP contribution in [0.3, 0.4) is 0 Å². The quantitative estimate of drug-likeness (QED) is 0.0297. The molecule has 9 atom stereocenters. The summed E-state index contributed by atoms with van der Waals surface area (Å²) >= 11 is 0. The van der Waals surface area contributed by atoms with E-state index in [4.69, 9.17) is 4.74 Å². The number of ketones is 7. The Labute approximate surface area is 708 Å². The van der Waals surface area contributed by atoms with Crippen molar-refractivity contribution >= 4 is 46.5 Å². The van der Waals surface area contributed by atoms with Crippen LogP contribution in [-0.4, -0.2) is 99.4 Å². The van der Waals surface area contributed by atoms with Crippen molar-refractivity contribution in [1.82, 2.24) is 5.32 Å². The molecule has 0 aromatic rings. The number of rotatable bonds is 46. The summed E-state index contributed by atoms with van der Waals surface area (Å²) < 4.78 is 86.5. The second-order valence-corrected chi connectivity index (χ2v) is 47.1. The van der Waals surface area contributed by atoms with E-state index in [1.54, 1.807) is 0 Å². The third-order valence-electron chi connectivity index (χ3n) is 26.4. The summed E-state index contributed by atoms with van der Waals surface area (Å²) in [6.45, 7) is 85.3. The van der Waals surface area contributed by atoms with Crippen molar-refractivity contribution in [3.8, 4) is 0 Å². The van der Waals surface area contributed by atoms with E-state index in [2.05, 4.69) is 151 Å². The summed E-state index contributed by atoms with van der Waals surface area (Å²) in [4.78, 5) is 106. The summed E-state index contributed by atoms with van der Waals surface area (Å²) in [7, 11) is 0. The van der Waals surface area contributed by atoms with E-state index in [1.807, 2.05) is 138 Å². The van der Waals surface area contributed by atoms with Gasteiger partial charge < -0.3 is 20.3 Å². The van der Waals surface area contributed by atoms with Gasteiger partial charge in [0.1, 0.15) is 46.6 Å². The van der Waals surface area contributed by atoms with Gasteiger partial charge in [-0.15, -0.1) is 0 Å². The lowest BCUT2D eigenvalue weighted by atomic mass is 9.58. The first kappa shape index (κ1) is 119. The Balaban J connectivity index is -0.000000774. The first-order chi connectivity index (χ1) is 51.1. The van der Waals surface area contributed by atoms with Crippen LogP contribution < -0.4 is 5.32 Å². The highest BCUT2D eigenvalue weighted by atomic mass is 19.4. The predicted molar refractivity (Wildman–Crippen MR) is 471 cm³/mol. The summed E-state index contributed by atoms with van der Waals surface area (Å²) in [6, 6.07) is 0. The molecule has 0 aliphatic carbocycles. The predicted octanol–water partition coefficient (Wildman–Crippen LogP) is 27.2. The van der Waals surface area contributed by atoms with Crippen LogP contribution in [-0.2, 0) is 43.1 Å². The summed E-state index contributed by atoms with van der Waals surface area (Å²) in [5.41, 5.74) is -12.0. The average molecular weight is 1670 g/mol. The average Bonchev–Trinajstić information content (AvgIpc) is 0.778. The topological polar surface area (TPSA) is 198 Å². The zero-order chi connectivity index (χ0) is 93.6. The zero-order valence-electron chi connectivity index (χ0n) is 82.9. The van der Waals surface area contributed by atoms with Gasteiger partial charge in [0.2, 0.25) is 0 Å². The molecular weight excluding hydrogens is 1480 g/mol. The van der Waals surface area contributed by atoms with E-state index in [9.17, 15) is 74.9 Å². The van der Waals surface area contributed by atoms with Crippen molar-refractivity contribution < 1.29 is 79.6 Å². The largest absolute Gasteiger partial charge is 0.461 e. The molecule has 0 radical (unpaired) electrons. The number of nitrogens with one attached hydrogen (secondary N) is 1. The lowest BCUT2D eigenvalue weighted by Gasteiger charge is -2.44. The van der Waals surface area contributed by atoms with Gasteiger partial charge in [0.05, 0.1) is 5.41 Å². The minimum atomic E-state index is -4.81. The van der Waals surface area contributed by atoms with Gasteiger partial charge in [0.15, 0.2) is 11.2 Å². The Hall–Kier alpha value is -3.38. The number of esters is 1. The molecule has 0 aliphatic heterocycles. The first-order valence-corrected chi connectivity index (χ1v) is 44.3. The molecule has 0 heterocycles. The van der Waals surface area contributed by atoms with Crippen LogP contribution in [0.15, 0.2) is 0 Å². The van der Waals surface area contributed by atoms with Crippen molar-refractivity contribution in [3.05, 3.63) is 0 Å². The van der Waals surface area contributed by atoms with Gasteiger partial charge in [-0.3, -0.25) is 38.4 Å². The normalized spacial score (nSPS) is 17.4. The number of alkyl halides is 6. The Morgan fingerprint density at radius 1 is 0.362 bits per heavy atom. The van der Waals surface area contributed by atoms with Crippen LogP contribution in [0.1, 0.15) is 426 Å². The van der Waals surface area contributed by atoms with Crippen LogP contribution in [0.2, 0.25) is 0 Å². The molecule has 0 aliphatic rings.